The second-order valence-corrected chi connectivity index (χ2v) is 12.2. The molecule has 7 nitrogen and oxygen atoms in total. The van der Waals surface area contributed by atoms with Gasteiger partial charge in [-0.05, 0) is 78.4 Å². The van der Waals surface area contributed by atoms with Crippen molar-refractivity contribution >= 4 is 22.6 Å². The zero-order valence-electron chi connectivity index (χ0n) is 26.4. The Labute approximate surface area is 269 Å². The Bertz CT molecular complexity index is 1890. The number of carbonyl (C=O) groups is 1. The van der Waals surface area contributed by atoms with Gasteiger partial charge in [0.15, 0.2) is 5.60 Å². The number of anilines is 1. The van der Waals surface area contributed by atoms with E-state index in [1.165, 1.54) is 33.2 Å². The fraction of sp³-hybridized carbons (Fsp3) is 0.278. The first-order valence-corrected chi connectivity index (χ1v) is 14.9. The van der Waals surface area contributed by atoms with Gasteiger partial charge in [-0.15, -0.1) is 0 Å². The minimum Gasteiger partial charge on any atom is -0.496 e. The number of aliphatic hydroxyl groups is 1. The summed E-state index contributed by atoms with van der Waals surface area (Å²) in [6.07, 6.45) is -4.30. The van der Waals surface area contributed by atoms with E-state index in [-0.39, 0.29) is 17.9 Å². The molecule has 5 rings (SSSR count). The quantitative estimate of drug-likeness (QED) is 0.112. The summed E-state index contributed by atoms with van der Waals surface area (Å²) in [6.45, 7) is 4.02. The molecule has 0 amide bonds. The predicted molar refractivity (Wildman–Crippen MR) is 171 cm³/mol. The normalized spacial score (nSPS) is 13.3. The average molecular weight is 650 g/mol. The zero-order valence-corrected chi connectivity index (χ0v) is 26.4. The lowest BCUT2D eigenvalue weighted by molar-refractivity contribution is -0.260. The lowest BCUT2D eigenvalue weighted by Crippen LogP contribution is -2.53. The molecule has 0 spiro atoms. The van der Waals surface area contributed by atoms with Gasteiger partial charge in [-0.1, -0.05) is 50.2 Å². The van der Waals surface area contributed by atoms with Crippen LogP contribution in [-0.2, 0) is 16.8 Å². The van der Waals surface area contributed by atoms with Crippen LogP contribution in [0.1, 0.15) is 47.3 Å². The molecule has 5 aromatic rings. The van der Waals surface area contributed by atoms with E-state index in [0.29, 0.717) is 27.8 Å². The molecule has 0 aliphatic heterocycles. The number of carbonyl (C=O) groups excluding carboxylic acids is 1. The van der Waals surface area contributed by atoms with Gasteiger partial charge in [0.2, 0.25) is 0 Å². The number of aromatic nitrogens is 2. The summed E-state index contributed by atoms with van der Waals surface area (Å²) in [5.74, 6) is -0.928. The largest absolute Gasteiger partial charge is 0.496 e. The summed E-state index contributed by atoms with van der Waals surface area (Å²) in [4.78, 5) is 12.8. The van der Waals surface area contributed by atoms with Gasteiger partial charge in [0.05, 0.1) is 36.6 Å². The van der Waals surface area contributed by atoms with Gasteiger partial charge in [-0.2, -0.15) is 18.3 Å². The van der Waals surface area contributed by atoms with Crippen LogP contribution in [0.25, 0.3) is 16.6 Å². The van der Waals surface area contributed by atoms with E-state index in [2.05, 4.69) is 10.4 Å². The standard InChI is InChI=1S/C36H35F4N3O4/c1-23-15-30(41-22-35(45,36(38,39)40)21-34(2,3)29-18-26(37)13-14-32(29)46-4)28-19-42-43(31(28)16-23)27-12-8-11-25(17-27)33(44)47-20-24-9-6-5-7-10-24/h5-19,41,45H,20-22H2,1-4H3/t35-/m1/s1. The Morgan fingerprint density at radius 2 is 1.72 bits per heavy atom. The molecule has 1 aromatic heterocycles. The van der Waals surface area contributed by atoms with Crippen LogP contribution >= 0.6 is 0 Å². The number of aryl methyl sites for hydroxylation is 1. The van der Waals surface area contributed by atoms with Crippen LogP contribution in [0.5, 0.6) is 5.75 Å². The molecular formula is C36H35F4N3O4. The summed E-state index contributed by atoms with van der Waals surface area (Å²) in [7, 11) is 1.35. The summed E-state index contributed by atoms with van der Waals surface area (Å²) in [5, 5.41) is 19.0. The van der Waals surface area contributed by atoms with Crippen molar-refractivity contribution in [1.82, 2.24) is 9.78 Å². The number of fused-ring (bicyclic) bond motifs is 1. The highest BCUT2D eigenvalue weighted by Crippen LogP contribution is 2.44. The van der Waals surface area contributed by atoms with Crippen molar-refractivity contribution in [1.29, 1.82) is 0 Å². The average Bonchev–Trinajstić information content (AvgIpc) is 3.46. The van der Waals surface area contributed by atoms with Crippen LogP contribution in [0.4, 0.5) is 23.2 Å². The number of ether oxygens (including phenoxy) is 2. The smallest absolute Gasteiger partial charge is 0.418 e. The van der Waals surface area contributed by atoms with Crippen molar-refractivity contribution in [3.8, 4) is 11.4 Å². The number of rotatable bonds is 11. The van der Waals surface area contributed by atoms with Gasteiger partial charge in [0, 0.05) is 16.6 Å². The monoisotopic (exact) mass is 649 g/mol. The van der Waals surface area contributed by atoms with Crippen molar-refractivity contribution in [2.75, 3.05) is 19.0 Å². The second kappa shape index (κ2) is 13.1. The third-order valence-electron chi connectivity index (χ3n) is 8.10. The number of esters is 1. The van der Waals surface area contributed by atoms with Gasteiger partial charge in [-0.25, -0.2) is 13.9 Å². The molecule has 2 N–H and O–H groups in total. The van der Waals surface area contributed by atoms with E-state index in [4.69, 9.17) is 9.47 Å². The number of benzene rings is 4. The van der Waals surface area contributed by atoms with Crippen LogP contribution in [0.2, 0.25) is 0 Å². The molecule has 0 aliphatic rings. The molecule has 4 aromatic carbocycles. The molecule has 0 bridgehead atoms. The van der Waals surface area contributed by atoms with E-state index < -0.39 is 41.9 Å². The van der Waals surface area contributed by atoms with Crippen molar-refractivity contribution in [3.63, 3.8) is 0 Å². The molecule has 0 radical (unpaired) electrons. The van der Waals surface area contributed by atoms with Crippen molar-refractivity contribution in [2.24, 2.45) is 0 Å². The van der Waals surface area contributed by atoms with Crippen molar-refractivity contribution in [2.45, 2.75) is 51.0 Å². The molecule has 1 atom stereocenters. The minimum absolute atomic E-state index is 0.111. The van der Waals surface area contributed by atoms with Crippen LogP contribution in [0, 0.1) is 12.7 Å². The third kappa shape index (κ3) is 7.25. The first-order chi connectivity index (χ1) is 22.2. The molecule has 11 heteroatoms. The molecule has 0 fully saturated rings. The lowest BCUT2D eigenvalue weighted by atomic mass is 9.74. The predicted octanol–water partition coefficient (Wildman–Crippen LogP) is 7.91. The Balaban J connectivity index is 1.41. The molecule has 1 heterocycles. The molecule has 0 unspecified atom stereocenters. The van der Waals surface area contributed by atoms with Crippen molar-refractivity contribution in [3.05, 3.63) is 119 Å². The lowest BCUT2D eigenvalue weighted by Gasteiger charge is -2.38. The Hall–Kier alpha value is -4.90. The summed E-state index contributed by atoms with van der Waals surface area (Å²) in [5.41, 5.74) is -1.01. The SMILES string of the molecule is COc1ccc(F)cc1C(C)(C)C[C@@](O)(CNc1cc(C)cc2c1cnn2-c1cccc(C(=O)OCc2ccccc2)c1)C(F)(F)F. The highest BCUT2D eigenvalue weighted by Gasteiger charge is 2.56. The highest BCUT2D eigenvalue weighted by atomic mass is 19.4. The van der Waals surface area contributed by atoms with Crippen LogP contribution < -0.4 is 10.1 Å². The summed E-state index contributed by atoms with van der Waals surface area (Å²) >= 11 is 0. The van der Waals surface area contributed by atoms with Crippen LogP contribution in [0.3, 0.4) is 0 Å². The minimum atomic E-state index is -5.03. The van der Waals surface area contributed by atoms with Crippen LogP contribution in [0.15, 0.2) is 91.1 Å². The summed E-state index contributed by atoms with van der Waals surface area (Å²) < 4.78 is 70.1. The zero-order chi connectivity index (χ0) is 34.0. The van der Waals surface area contributed by atoms with Gasteiger partial charge in [0.1, 0.15) is 18.2 Å². The highest BCUT2D eigenvalue weighted by molar-refractivity contribution is 5.94. The number of nitrogens with zero attached hydrogens (tertiary/aromatic N) is 2. The topological polar surface area (TPSA) is 85.6 Å². The molecule has 246 valence electrons. The van der Waals surface area contributed by atoms with Gasteiger partial charge in [-0.3, -0.25) is 0 Å². The second-order valence-electron chi connectivity index (χ2n) is 12.2. The molecule has 0 aliphatic carbocycles. The third-order valence-corrected chi connectivity index (χ3v) is 8.10. The number of methoxy groups -OCH3 is 1. The fourth-order valence-corrected chi connectivity index (χ4v) is 5.73. The van der Waals surface area contributed by atoms with Gasteiger partial charge < -0.3 is 19.9 Å². The van der Waals surface area contributed by atoms with E-state index in [1.54, 1.807) is 41.9 Å². The molecular weight excluding hydrogens is 614 g/mol. The first kappa shape index (κ1) is 33.5. The van der Waals surface area contributed by atoms with E-state index in [9.17, 15) is 27.5 Å². The van der Waals surface area contributed by atoms with E-state index in [1.807, 2.05) is 36.4 Å². The van der Waals surface area contributed by atoms with E-state index >= 15 is 0 Å². The van der Waals surface area contributed by atoms with Gasteiger partial charge in [0.25, 0.3) is 0 Å². The number of alkyl halides is 3. The number of hydrogen-bond donors (Lipinski definition) is 2. The maximum absolute atomic E-state index is 14.5. The molecule has 47 heavy (non-hydrogen) atoms. The maximum atomic E-state index is 14.5. The summed E-state index contributed by atoms with van der Waals surface area (Å²) in [6, 6.07) is 23.1. The van der Waals surface area contributed by atoms with Crippen LogP contribution in [-0.4, -0.2) is 46.3 Å². The van der Waals surface area contributed by atoms with E-state index in [0.717, 1.165) is 23.3 Å². The van der Waals surface area contributed by atoms with Crippen molar-refractivity contribution < 1.29 is 36.9 Å². The molecule has 0 saturated heterocycles. The number of nitrogens with one attached hydrogen (secondary N) is 1. The Morgan fingerprint density at radius 3 is 2.43 bits per heavy atom. The Morgan fingerprint density at radius 1 is 0.979 bits per heavy atom. The maximum Gasteiger partial charge on any atom is 0.418 e. The Kier molecular flexibility index (Phi) is 9.31. The molecule has 0 saturated carbocycles. The fourth-order valence-electron chi connectivity index (χ4n) is 5.73. The van der Waals surface area contributed by atoms with Gasteiger partial charge >= 0.3 is 12.1 Å². The number of hydrogen-bond acceptors (Lipinski definition) is 6. The number of halogens is 4. The first-order valence-electron chi connectivity index (χ1n) is 14.9.